The zero-order valence-corrected chi connectivity index (χ0v) is 13.6. The number of esters is 1. The van der Waals surface area contributed by atoms with E-state index in [1.54, 1.807) is 6.92 Å². The average Bonchev–Trinajstić information content (AvgIpc) is 2.85. The van der Waals surface area contributed by atoms with Gasteiger partial charge < -0.3 is 4.74 Å². The third kappa shape index (κ3) is 3.77. The molecule has 0 unspecified atom stereocenters. The first kappa shape index (κ1) is 16.3. The number of rotatable bonds is 4. The van der Waals surface area contributed by atoms with Crippen molar-refractivity contribution < 1.29 is 17.9 Å². The molecular formula is C13H19ClN2O4S. The summed E-state index contributed by atoms with van der Waals surface area (Å²) in [4.78, 5) is 11.9. The van der Waals surface area contributed by atoms with E-state index in [-0.39, 0.29) is 16.7 Å². The average molecular weight is 335 g/mol. The number of carbonyl (C=O) groups is 1. The molecule has 1 aliphatic carbocycles. The number of halogens is 1. The van der Waals surface area contributed by atoms with E-state index in [0.29, 0.717) is 18.0 Å². The van der Waals surface area contributed by atoms with Gasteiger partial charge in [-0.15, -0.1) is 0 Å². The summed E-state index contributed by atoms with van der Waals surface area (Å²) in [6.07, 6.45) is 3.78. The number of aromatic amines is 1. The number of aryl methyl sites for hydroxylation is 1. The summed E-state index contributed by atoms with van der Waals surface area (Å²) in [7, 11) is 1.35. The summed E-state index contributed by atoms with van der Waals surface area (Å²) in [5.41, 5.74) is 0.0645. The van der Waals surface area contributed by atoms with E-state index in [4.69, 9.17) is 15.4 Å². The standard InChI is InChI=1S/C13H19ClN2O4S/c1-3-10-12(21(14,18)19)11(16-15-10)13(17)20-9-6-4-8(2)5-7-9/h8-9H,3-7H2,1-2H3,(H,15,16). The third-order valence-corrected chi connectivity index (χ3v) is 5.21. The summed E-state index contributed by atoms with van der Waals surface area (Å²) < 4.78 is 28.6. The molecule has 0 atom stereocenters. The van der Waals surface area contributed by atoms with Crippen molar-refractivity contribution in [2.45, 2.75) is 57.0 Å². The van der Waals surface area contributed by atoms with E-state index >= 15 is 0 Å². The lowest BCUT2D eigenvalue weighted by Crippen LogP contribution is -2.24. The monoisotopic (exact) mass is 334 g/mol. The second-order valence-electron chi connectivity index (χ2n) is 5.46. The van der Waals surface area contributed by atoms with E-state index in [2.05, 4.69) is 17.1 Å². The highest BCUT2D eigenvalue weighted by Gasteiger charge is 2.31. The molecule has 0 aliphatic heterocycles. The second kappa shape index (κ2) is 6.36. The lowest BCUT2D eigenvalue weighted by atomic mass is 9.89. The van der Waals surface area contributed by atoms with Crippen LogP contribution in [0.25, 0.3) is 0 Å². The first-order chi connectivity index (χ1) is 9.82. The Balaban J connectivity index is 2.18. The minimum Gasteiger partial charge on any atom is -0.458 e. The van der Waals surface area contributed by atoms with Crippen molar-refractivity contribution in [2.24, 2.45) is 5.92 Å². The maximum atomic E-state index is 12.2. The Bertz CT molecular complexity index is 618. The molecule has 1 aromatic heterocycles. The summed E-state index contributed by atoms with van der Waals surface area (Å²) in [5.74, 6) is -0.0967. The lowest BCUT2D eigenvalue weighted by Gasteiger charge is -2.25. The van der Waals surface area contributed by atoms with Gasteiger partial charge in [0.2, 0.25) is 0 Å². The molecule has 6 nitrogen and oxygen atoms in total. The third-order valence-electron chi connectivity index (χ3n) is 3.82. The first-order valence-electron chi connectivity index (χ1n) is 7.05. The molecule has 1 aliphatic rings. The van der Waals surface area contributed by atoms with E-state index in [1.807, 2.05) is 0 Å². The lowest BCUT2D eigenvalue weighted by molar-refractivity contribution is 0.0163. The molecule has 118 valence electrons. The van der Waals surface area contributed by atoms with E-state index in [1.165, 1.54) is 0 Å². The topological polar surface area (TPSA) is 89.1 Å². The maximum absolute atomic E-state index is 12.2. The fourth-order valence-electron chi connectivity index (χ4n) is 2.56. The SMILES string of the molecule is CCc1[nH]nc(C(=O)OC2CCC(C)CC2)c1S(=O)(=O)Cl. The Hall–Kier alpha value is -1.08. The maximum Gasteiger partial charge on any atom is 0.360 e. The van der Waals surface area contributed by atoms with Crippen molar-refractivity contribution in [1.29, 1.82) is 0 Å². The molecule has 0 amide bonds. The summed E-state index contributed by atoms with van der Waals surface area (Å²) >= 11 is 0. The van der Waals surface area contributed by atoms with Gasteiger partial charge in [-0.3, -0.25) is 5.10 Å². The van der Waals surface area contributed by atoms with Crippen molar-refractivity contribution in [3.63, 3.8) is 0 Å². The molecule has 2 rings (SSSR count). The van der Waals surface area contributed by atoms with Gasteiger partial charge in [0.05, 0.1) is 5.69 Å². The fourth-order valence-corrected chi connectivity index (χ4v) is 3.91. The van der Waals surface area contributed by atoms with Gasteiger partial charge in [-0.25, -0.2) is 13.2 Å². The van der Waals surface area contributed by atoms with Crippen molar-refractivity contribution in [1.82, 2.24) is 10.2 Å². The molecule has 1 heterocycles. The van der Waals surface area contributed by atoms with Crippen LogP contribution in [0.15, 0.2) is 4.90 Å². The zero-order valence-electron chi connectivity index (χ0n) is 12.1. The molecule has 1 N–H and O–H groups in total. The fraction of sp³-hybridized carbons (Fsp3) is 0.692. The van der Waals surface area contributed by atoms with Crippen LogP contribution in [0.5, 0.6) is 0 Å². The van der Waals surface area contributed by atoms with Crippen LogP contribution >= 0.6 is 10.7 Å². The number of ether oxygens (including phenoxy) is 1. The number of nitrogens with zero attached hydrogens (tertiary/aromatic N) is 1. The molecule has 0 saturated heterocycles. The van der Waals surface area contributed by atoms with Crippen molar-refractivity contribution >= 4 is 25.7 Å². The van der Waals surface area contributed by atoms with Gasteiger partial charge in [-0.1, -0.05) is 13.8 Å². The van der Waals surface area contributed by atoms with Crippen LogP contribution < -0.4 is 0 Å². The zero-order chi connectivity index (χ0) is 15.6. The van der Waals surface area contributed by atoms with Crippen molar-refractivity contribution in [3.05, 3.63) is 11.4 Å². The quantitative estimate of drug-likeness (QED) is 0.675. The van der Waals surface area contributed by atoms with Gasteiger partial charge in [0, 0.05) is 10.7 Å². The van der Waals surface area contributed by atoms with E-state index < -0.39 is 15.0 Å². The van der Waals surface area contributed by atoms with Crippen molar-refractivity contribution in [3.8, 4) is 0 Å². The largest absolute Gasteiger partial charge is 0.458 e. The van der Waals surface area contributed by atoms with Crippen LogP contribution in [0.2, 0.25) is 0 Å². The summed E-state index contributed by atoms with van der Waals surface area (Å²) in [6, 6.07) is 0. The van der Waals surface area contributed by atoms with Crippen LogP contribution in [0, 0.1) is 5.92 Å². The van der Waals surface area contributed by atoms with Gasteiger partial charge in [-0.05, 0) is 38.0 Å². The number of aromatic nitrogens is 2. The normalized spacial score (nSPS) is 23.0. The van der Waals surface area contributed by atoms with Crippen LogP contribution in [-0.2, 0) is 20.2 Å². The Morgan fingerprint density at radius 2 is 2.00 bits per heavy atom. The van der Waals surface area contributed by atoms with E-state index in [0.717, 1.165) is 25.7 Å². The highest BCUT2D eigenvalue weighted by molar-refractivity contribution is 8.13. The van der Waals surface area contributed by atoms with Gasteiger partial charge >= 0.3 is 5.97 Å². The van der Waals surface area contributed by atoms with E-state index in [9.17, 15) is 13.2 Å². The minimum atomic E-state index is -4.05. The van der Waals surface area contributed by atoms with Crippen LogP contribution in [0.1, 0.15) is 55.7 Å². The molecule has 1 aromatic rings. The highest BCUT2D eigenvalue weighted by atomic mass is 35.7. The Labute approximate surface area is 128 Å². The predicted molar refractivity (Wildman–Crippen MR) is 77.8 cm³/mol. The first-order valence-corrected chi connectivity index (χ1v) is 9.36. The molecule has 1 fully saturated rings. The number of hydrogen-bond donors (Lipinski definition) is 1. The van der Waals surface area contributed by atoms with Gasteiger partial charge in [0.15, 0.2) is 5.69 Å². The Kier molecular flexibility index (Phi) is 4.93. The van der Waals surface area contributed by atoms with Crippen LogP contribution in [0.4, 0.5) is 0 Å². The molecule has 1 saturated carbocycles. The molecule has 0 radical (unpaired) electrons. The van der Waals surface area contributed by atoms with Crippen molar-refractivity contribution in [2.75, 3.05) is 0 Å². The number of H-pyrrole nitrogens is 1. The molecule has 0 aromatic carbocycles. The number of hydrogen-bond acceptors (Lipinski definition) is 5. The Morgan fingerprint density at radius 1 is 1.38 bits per heavy atom. The van der Waals surface area contributed by atoms with Gasteiger partial charge in [0.1, 0.15) is 11.0 Å². The minimum absolute atomic E-state index is 0.179. The highest BCUT2D eigenvalue weighted by Crippen LogP contribution is 2.28. The van der Waals surface area contributed by atoms with Gasteiger partial charge in [-0.2, -0.15) is 5.10 Å². The number of nitrogens with one attached hydrogen (secondary N) is 1. The van der Waals surface area contributed by atoms with Crippen LogP contribution in [-0.4, -0.2) is 30.7 Å². The molecular weight excluding hydrogens is 316 g/mol. The second-order valence-corrected chi connectivity index (χ2v) is 7.96. The van der Waals surface area contributed by atoms with Gasteiger partial charge in [0.25, 0.3) is 9.05 Å². The predicted octanol–water partition coefficient (Wildman–Crippen LogP) is 2.64. The molecule has 0 spiro atoms. The molecule has 0 bridgehead atoms. The summed E-state index contributed by atoms with van der Waals surface area (Å²) in [6.45, 7) is 3.91. The Morgan fingerprint density at radius 3 is 2.52 bits per heavy atom. The number of carbonyl (C=O) groups excluding carboxylic acids is 1. The molecule has 21 heavy (non-hydrogen) atoms. The molecule has 8 heteroatoms. The van der Waals surface area contributed by atoms with Crippen LogP contribution in [0.3, 0.4) is 0 Å². The summed E-state index contributed by atoms with van der Waals surface area (Å²) in [5, 5.41) is 6.31. The smallest absolute Gasteiger partial charge is 0.360 e.